The van der Waals surface area contributed by atoms with Crippen LogP contribution >= 0.6 is 11.6 Å². The molecule has 1 saturated heterocycles. The van der Waals surface area contributed by atoms with Gasteiger partial charge in [0, 0.05) is 53.7 Å². The van der Waals surface area contributed by atoms with E-state index in [1.54, 1.807) is 12.4 Å². The van der Waals surface area contributed by atoms with Crippen LogP contribution in [0.4, 0.5) is 11.4 Å². The molecule has 2 aliphatic rings. The molecule has 1 fully saturated rings. The minimum atomic E-state index is -0.107. The fourth-order valence-electron chi connectivity index (χ4n) is 4.96. The number of likely N-dealkylation sites (N-methyl/N-ethyl adjacent to an activating group) is 1. The predicted octanol–water partition coefficient (Wildman–Crippen LogP) is 4.42. The summed E-state index contributed by atoms with van der Waals surface area (Å²) in [4.78, 5) is 23.2. The van der Waals surface area contributed by atoms with Crippen LogP contribution in [0.1, 0.15) is 35.5 Å². The van der Waals surface area contributed by atoms with E-state index < -0.39 is 0 Å². The van der Waals surface area contributed by atoms with Crippen LogP contribution in [0.15, 0.2) is 36.7 Å². The molecule has 2 aromatic heterocycles. The van der Waals surface area contributed by atoms with Gasteiger partial charge in [-0.25, -0.2) is 0 Å². The first-order valence-electron chi connectivity index (χ1n) is 12.4. The van der Waals surface area contributed by atoms with Crippen molar-refractivity contribution in [2.75, 3.05) is 38.7 Å². The van der Waals surface area contributed by atoms with E-state index in [2.05, 4.69) is 39.5 Å². The Labute approximate surface area is 216 Å². The predicted molar refractivity (Wildman–Crippen MR) is 142 cm³/mol. The minimum Gasteiger partial charge on any atom is -0.488 e. The van der Waals surface area contributed by atoms with E-state index in [1.807, 2.05) is 31.2 Å². The van der Waals surface area contributed by atoms with Gasteiger partial charge >= 0.3 is 0 Å². The molecule has 8 nitrogen and oxygen atoms in total. The number of ether oxygens (including phenoxy) is 2. The number of benzene rings is 1. The molecule has 0 spiro atoms. The maximum Gasteiger partial charge on any atom is 0.255 e. The van der Waals surface area contributed by atoms with Crippen molar-refractivity contribution in [3.05, 3.63) is 58.5 Å². The number of nitrogens with one attached hydrogen (secondary N) is 3. The Balaban J connectivity index is 1.55. The fourth-order valence-corrected chi connectivity index (χ4v) is 5.27. The highest BCUT2D eigenvalue weighted by molar-refractivity contribution is 6.31. The molecule has 1 amide bonds. The van der Waals surface area contributed by atoms with Crippen molar-refractivity contribution < 1.29 is 14.3 Å². The minimum absolute atomic E-state index is 0.0172. The summed E-state index contributed by atoms with van der Waals surface area (Å²) in [7, 11) is 2.08. The zero-order valence-corrected chi connectivity index (χ0v) is 21.6. The van der Waals surface area contributed by atoms with Gasteiger partial charge in [-0.15, -0.1) is 0 Å². The number of halogens is 1. The van der Waals surface area contributed by atoms with Crippen LogP contribution in [0.3, 0.4) is 0 Å². The van der Waals surface area contributed by atoms with Gasteiger partial charge in [-0.2, -0.15) is 0 Å². The van der Waals surface area contributed by atoms with Crippen molar-refractivity contribution in [3.8, 4) is 17.0 Å². The highest BCUT2D eigenvalue weighted by Gasteiger charge is 2.31. The van der Waals surface area contributed by atoms with Crippen LogP contribution in [-0.2, 0) is 17.6 Å². The highest BCUT2D eigenvalue weighted by atomic mass is 35.5. The van der Waals surface area contributed by atoms with Gasteiger partial charge in [-0.3, -0.25) is 9.78 Å². The molecule has 36 heavy (non-hydrogen) atoms. The van der Waals surface area contributed by atoms with E-state index in [0.29, 0.717) is 41.7 Å². The number of nitrogens with zero attached hydrogens (tertiary/aromatic N) is 2. The molecule has 1 aromatic carbocycles. The number of aromatic nitrogens is 2. The second kappa shape index (κ2) is 10.5. The fraction of sp³-hybridized carbons (Fsp3) is 0.407. The van der Waals surface area contributed by atoms with Gasteiger partial charge in [-0.05, 0) is 44.2 Å². The first-order chi connectivity index (χ1) is 17.4. The second-order valence-electron chi connectivity index (χ2n) is 9.49. The quantitative estimate of drug-likeness (QED) is 0.437. The molecule has 2 atom stereocenters. The normalized spacial score (nSPS) is 20.1. The number of morpholine rings is 1. The molecule has 3 aromatic rings. The first-order valence-corrected chi connectivity index (χ1v) is 12.8. The number of carbonyl (C=O) groups is 1. The molecular formula is C27H32ClN5O3. The summed E-state index contributed by atoms with van der Waals surface area (Å²) in [5.74, 6) is 0.523. The lowest BCUT2D eigenvalue weighted by atomic mass is 10.0. The van der Waals surface area contributed by atoms with E-state index in [0.717, 1.165) is 47.7 Å². The van der Waals surface area contributed by atoms with Crippen molar-refractivity contribution in [1.82, 2.24) is 20.2 Å². The summed E-state index contributed by atoms with van der Waals surface area (Å²) in [6.45, 7) is 6.90. The molecule has 0 aliphatic carbocycles. The SMILES string of the molecule is CCc1c(Cl)cccc1Nc1c(-c2ccncc2OC[C@@H]2CN(C)CCO2)[nH]c2c1C(=O)N[C@H](C)C2. The second-order valence-corrected chi connectivity index (χ2v) is 9.90. The Bertz CT molecular complexity index is 1260. The molecule has 0 saturated carbocycles. The van der Waals surface area contributed by atoms with Gasteiger partial charge < -0.3 is 30.0 Å². The highest BCUT2D eigenvalue weighted by Crippen LogP contribution is 2.41. The number of hydrogen-bond acceptors (Lipinski definition) is 6. The number of aromatic amines is 1. The molecule has 0 unspecified atom stereocenters. The summed E-state index contributed by atoms with van der Waals surface area (Å²) in [5.41, 5.74) is 5.69. The Morgan fingerprint density at radius 2 is 2.19 bits per heavy atom. The van der Waals surface area contributed by atoms with Crippen LogP contribution in [0, 0.1) is 0 Å². The van der Waals surface area contributed by atoms with E-state index >= 15 is 0 Å². The summed E-state index contributed by atoms with van der Waals surface area (Å²) < 4.78 is 12.1. The van der Waals surface area contributed by atoms with E-state index in [-0.39, 0.29) is 18.1 Å². The van der Waals surface area contributed by atoms with Gasteiger partial charge in [-0.1, -0.05) is 24.6 Å². The lowest BCUT2D eigenvalue weighted by Crippen LogP contribution is -2.42. The zero-order chi connectivity index (χ0) is 25.2. The smallest absolute Gasteiger partial charge is 0.255 e. The standard InChI is InChI=1S/C27H32ClN5O3/c1-4-18-20(28)6-5-7-21(18)31-26-24-22(12-16(2)30-27(24)34)32-25(26)19-8-9-29-13-23(19)36-15-17-14-33(3)10-11-35-17/h5-9,13,16-17,31-32H,4,10-12,14-15H2,1-3H3,(H,30,34)/t16-,17+/m1/s1. The van der Waals surface area contributed by atoms with Gasteiger partial charge in [0.15, 0.2) is 0 Å². The Morgan fingerprint density at radius 3 is 3.00 bits per heavy atom. The van der Waals surface area contributed by atoms with Crippen molar-refractivity contribution >= 4 is 28.9 Å². The number of H-pyrrole nitrogens is 1. The Morgan fingerprint density at radius 1 is 1.33 bits per heavy atom. The molecule has 0 radical (unpaired) electrons. The van der Waals surface area contributed by atoms with Gasteiger partial charge in [0.05, 0.1) is 29.7 Å². The maximum absolute atomic E-state index is 13.2. The average molecular weight is 510 g/mol. The number of hydrogen-bond donors (Lipinski definition) is 3. The van der Waals surface area contributed by atoms with E-state index in [9.17, 15) is 4.79 Å². The number of pyridine rings is 1. The van der Waals surface area contributed by atoms with Gasteiger partial charge in [0.2, 0.25) is 0 Å². The number of rotatable bonds is 7. The maximum atomic E-state index is 13.2. The van der Waals surface area contributed by atoms with Crippen molar-refractivity contribution in [1.29, 1.82) is 0 Å². The van der Waals surface area contributed by atoms with Gasteiger partial charge in [0.1, 0.15) is 18.5 Å². The summed E-state index contributed by atoms with van der Waals surface area (Å²) in [5, 5.41) is 7.29. The number of amides is 1. The van der Waals surface area contributed by atoms with Crippen LogP contribution in [0.5, 0.6) is 5.75 Å². The van der Waals surface area contributed by atoms with E-state index in [1.165, 1.54) is 0 Å². The summed E-state index contributed by atoms with van der Waals surface area (Å²) in [6.07, 6.45) is 4.89. The average Bonchev–Trinajstić information content (AvgIpc) is 3.21. The summed E-state index contributed by atoms with van der Waals surface area (Å²) >= 11 is 6.50. The summed E-state index contributed by atoms with van der Waals surface area (Å²) in [6, 6.07) is 7.72. The number of carbonyl (C=O) groups excluding carboxylic acids is 1. The molecule has 4 heterocycles. The molecule has 0 bridgehead atoms. The number of anilines is 2. The largest absolute Gasteiger partial charge is 0.488 e. The topological polar surface area (TPSA) is 91.5 Å². The van der Waals surface area contributed by atoms with Crippen molar-refractivity contribution in [2.45, 2.75) is 38.8 Å². The third-order valence-electron chi connectivity index (χ3n) is 6.75. The number of fused-ring (bicyclic) bond motifs is 1. The van der Waals surface area contributed by atoms with Gasteiger partial charge in [0.25, 0.3) is 5.91 Å². The molecule has 2 aliphatic heterocycles. The first kappa shape index (κ1) is 24.6. The van der Waals surface area contributed by atoms with Crippen LogP contribution in [-0.4, -0.2) is 66.3 Å². The molecule has 3 N–H and O–H groups in total. The molecular weight excluding hydrogens is 478 g/mol. The van der Waals surface area contributed by atoms with Crippen LogP contribution in [0.25, 0.3) is 11.3 Å². The zero-order valence-electron chi connectivity index (χ0n) is 20.9. The Kier molecular flexibility index (Phi) is 7.18. The van der Waals surface area contributed by atoms with Crippen molar-refractivity contribution in [3.63, 3.8) is 0 Å². The van der Waals surface area contributed by atoms with Crippen LogP contribution in [0.2, 0.25) is 5.02 Å². The van der Waals surface area contributed by atoms with E-state index in [4.69, 9.17) is 21.1 Å². The molecule has 190 valence electrons. The lowest BCUT2D eigenvalue weighted by Gasteiger charge is -2.30. The third kappa shape index (κ3) is 4.93. The monoisotopic (exact) mass is 509 g/mol. The molecule has 5 rings (SSSR count). The van der Waals surface area contributed by atoms with Crippen LogP contribution < -0.4 is 15.4 Å². The molecule has 9 heteroatoms. The Hall–Kier alpha value is -3.07. The van der Waals surface area contributed by atoms with Crippen molar-refractivity contribution in [2.24, 2.45) is 0 Å². The lowest BCUT2D eigenvalue weighted by molar-refractivity contribution is -0.0403. The third-order valence-corrected chi connectivity index (χ3v) is 7.10.